The summed E-state index contributed by atoms with van der Waals surface area (Å²) < 4.78 is 82.9. The number of carbonyl (C=O) groups is 1. The van der Waals surface area contributed by atoms with E-state index in [9.17, 15) is 28.0 Å². The average Bonchev–Trinajstić information content (AvgIpc) is 3.83. The molecule has 10 rings (SSSR count). The van der Waals surface area contributed by atoms with E-state index in [4.69, 9.17) is 15.5 Å². The molecule has 54 heavy (non-hydrogen) atoms. The number of amides is 1. The number of nitrogens with two attached hydrogens (primary N) is 1. The largest absolute Gasteiger partial charge is 0.461 e. The lowest BCUT2D eigenvalue weighted by atomic mass is 9.83. The van der Waals surface area contributed by atoms with Gasteiger partial charge in [-0.05, 0) is 57.2 Å². The number of fused-ring (bicyclic) bond motifs is 3. The highest BCUT2D eigenvalue weighted by Gasteiger charge is 2.65. The zero-order valence-electron chi connectivity index (χ0n) is 29.0. The van der Waals surface area contributed by atoms with Crippen LogP contribution in [0.3, 0.4) is 0 Å². The molecule has 6 fully saturated rings. The van der Waals surface area contributed by atoms with Crippen LogP contribution >= 0.6 is 11.3 Å². The smallest absolute Gasteiger partial charge is 0.319 e. The molecule has 4 aromatic rings. The fourth-order valence-electron chi connectivity index (χ4n) is 9.61. The Morgan fingerprint density at radius 1 is 1.09 bits per heavy atom. The van der Waals surface area contributed by atoms with Crippen LogP contribution in [-0.2, 0) is 4.79 Å². The maximum Gasteiger partial charge on any atom is 0.319 e. The Morgan fingerprint density at radius 2 is 1.87 bits per heavy atom. The maximum atomic E-state index is 17.6. The van der Waals surface area contributed by atoms with Crippen molar-refractivity contribution in [2.75, 3.05) is 50.0 Å². The molecule has 4 saturated heterocycles. The van der Waals surface area contributed by atoms with Gasteiger partial charge in [0.2, 0.25) is 5.91 Å². The Bertz CT molecular complexity index is 2410. The summed E-state index contributed by atoms with van der Waals surface area (Å²) in [6.45, 7) is 1.84. The van der Waals surface area contributed by atoms with E-state index in [0.717, 1.165) is 23.8 Å². The van der Waals surface area contributed by atoms with Gasteiger partial charge in [0.15, 0.2) is 5.82 Å². The summed E-state index contributed by atoms with van der Waals surface area (Å²) in [5.41, 5.74) is 3.77. The van der Waals surface area contributed by atoms with Crippen LogP contribution in [0.1, 0.15) is 63.0 Å². The molecule has 2 saturated carbocycles. The second-order valence-electron chi connectivity index (χ2n) is 15.9. The van der Waals surface area contributed by atoms with Crippen molar-refractivity contribution in [1.29, 1.82) is 5.26 Å². The number of nitriles is 1. The van der Waals surface area contributed by atoms with Crippen LogP contribution in [0.25, 0.3) is 32.2 Å². The predicted octanol–water partition coefficient (Wildman–Crippen LogP) is 5.53. The highest BCUT2D eigenvalue weighted by Crippen LogP contribution is 2.53. The molecule has 0 bridgehead atoms. The molecule has 4 atom stereocenters. The molecule has 1 aromatic carbocycles. The monoisotopic (exact) mass is 766 g/mol. The van der Waals surface area contributed by atoms with Crippen LogP contribution < -0.4 is 20.9 Å². The van der Waals surface area contributed by atoms with E-state index in [2.05, 4.69) is 9.88 Å². The number of nitrogens with zero attached hydrogens (tertiary/aromatic N) is 7. The van der Waals surface area contributed by atoms with E-state index in [1.54, 1.807) is 4.90 Å². The van der Waals surface area contributed by atoms with Gasteiger partial charge in [-0.1, -0.05) is 0 Å². The van der Waals surface area contributed by atoms with Crippen molar-refractivity contribution < 1.29 is 31.5 Å². The number of carbonyl (C=O) groups excluding carboxylic acids is 1. The van der Waals surface area contributed by atoms with Gasteiger partial charge in [-0.25, -0.2) is 22.0 Å². The lowest BCUT2D eigenvalue weighted by Crippen LogP contribution is -2.64. The quantitative estimate of drug-likeness (QED) is 0.241. The first-order valence-corrected chi connectivity index (χ1v) is 19.2. The first-order valence-electron chi connectivity index (χ1n) is 18.4. The summed E-state index contributed by atoms with van der Waals surface area (Å²) >= 11 is 0.863. The molecule has 0 radical (unpaired) electrons. The number of nitrogen functional groups attached to an aromatic ring is 1. The molecular weight excluding hydrogens is 732 g/mol. The highest BCUT2D eigenvalue weighted by molar-refractivity contribution is 7.23. The number of hydrogen-bond acceptors (Lipinski definition) is 10. The normalized spacial score (nSPS) is 28.6. The average molecular weight is 767 g/mol. The van der Waals surface area contributed by atoms with Gasteiger partial charge < -0.3 is 24.8 Å². The fraction of sp³-hybridized carbons (Fsp3) is 0.541. The van der Waals surface area contributed by atoms with Crippen LogP contribution in [-0.4, -0.2) is 92.7 Å². The van der Waals surface area contributed by atoms with Crippen LogP contribution in [0.5, 0.6) is 6.01 Å². The van der Waals surface area contributed by atoms with Crippen molar-refractivity contribution in [1.82, 2.24) is 24.3 Å². The molecule has 4 aliphatic heterocycles. The molecule has 2 unspecified atom stereocenters. The second-order valence-corrected chi connectivity index (χ2v) is 16.9. The van der Waals surface area contributed by atoms with Crippen molar-refractivity contribution in [2.45, 2.75) is 80.6 Å². The second kappa shape index (κ2) is 11.5. The Balaban J connectivity index is 1.13. The number of likely N-dealkylation sites (tertiary alicyclic amines) is 1. The third-order valence-electron chi connectivity index (χ3n) is 12.7. The Kier molecular flexibility index (Phi) is 7.22. The first kappa shape index (κ1) is 34.0. The third-order valence-corrected chi connectivity index (χ3v) is 13.7. The SMILES string of the molecule is N#Cc1c(N)sc2c(F)ccc(-c3c(F)c4nc(OC[C@@]56CCCN5C[C@H](F)C6)nc(N5CCC6(CCN6C(=O)C6CC6(F)F)C5)c4c(=O)n3C3CC3)c12. The number of aromatic nitrogens is 3. The summed E-state index contributed by atoms with van der Waals surface area (Å²) in [6, 6.07) is 3.88. The number of thiophene rings is 1. The first-order chi connectivity index (χ1) is 25.8. The van der Waals surface area contributed by atoms with Gasteiger partial charge in [0, 0.05) is 56.0 Å². The third kappa shape index (κ3) is 4.84. The van der Waals surface area contributed by atoms with Crippen molar-refractivity contribution in [3.05, 3.63) is 39.7 Å². The molecule has 3 aromatic heterocycles. The van der Waals surface area contributed by atoms with Crippen LogP contribution in [0.4, 0.5) is 32.8 Å². The van der Waals surface area contributed by atoms with E-state index in [-0.39, 0.29) is 80.8 Å². The molecule has 2 N–H and O–H groups in total. The van der Waals surface area contributed by atoms with E-state index in [1.807, 2.05) is 6.07 Å². The van der Waals surface area contributed by atoms with Crippen LogP contribution in [0, 0.1) is 28.9 Å². The molecule has 6 aliphatic rings. The fourth-order valence-corrected chi connectivity index (χ4v) is 10.6. The van der Waals surface area contributed by atoms with Gasteiger partial charge in [-0.2, -0.15) is 15.2 Å². The number of alkyl halides is 3. The summed E-state index contributed by atoms with van der Waals surface area (Å²) in [7, 11) is 0. The minimum absolute atomic E-state index is 0.0276. The summed E-state index contributed by atoms with van der Waals surface area (Å²) in [6.07, 6.45) is 2.46. The van der Waals surface area contributed by atoms with Gasteiger partial charge in [-0.15, -0.1) is 11.3 Å². The van der Waals surface area contributed by atoms with Crippen LogP contribution in [0.2, 0.25) is 0 Å². The molecule has 282 valence electrons. The summed E-state index contributed by atoms with van der Waals surface area (Å²) in [5, 5.41) is 10.1. The molecule has 1 amide bonds. The van der Waals surface area contributed by atoms with E-state index in [0.29, 0.717) is 51.7 Å². The molecule has 11 nitrogen and oxygen atoms in total. The Hall–Kier alpha value is -4.56. The van der Waals surface area contributed by atoms with Gasteiger partial charge in [-0.3, -0.25) is 14.5 Å². The topological polar surface area (TPSA) is 134 Å². The summed E-state index contributed by atoms with van der Waals surface area (Å²) in [4.78, 5) is 42.6. The van der Waals surface area contributed by atoms with Gasteiger partial charge in [0.05, 0.1) is 27.0 Å². The Morgan fingerprint density at radius 3 is 2.57 bits per heavy atom. The van der Waals surface area contributed by atoms with E-state index < -0.39 is 64.7 Å². The minimum Gasteiger partial charge on any atom is -0.461 e. The molecule has 2 aliphatic carbocycles. The van der Waals surface area contributed by atoms with Crippen molar-refractivity contribution in [2.24, 2.45) is 5.92 Å². The number of benzene rings is 1. The zero-order chi connectivity index (χ0) is 37.5. The molecule has 17 heteroatoms. The van der Waals surface area contributed by atoms with Gasteiger partial charge >= 0.3 is 6.01 Å². The number of halogens is 5. The molecule has 1 spiro atoms. The van der Waals surface area contributed by atoms with Gasteiger partial charge in [0.1, 0.15) is 52.3 Å². The number of rotatable bonds is 7. The van der Waals surface area contributed by atoms with E-state index in [1.165, 1.54) is 15.5 Å². The number of anilines is 2. The van der Waals surface area contributed by atoms with Crippen molar-refractivity contribution in [3.8, 4) is 23.3 Å². The standard InChI is InChI=1S/C37H35F5N8O3S/c38-18-12-36(6-1-9-48(36)15-18)17-53-34-45-27-25(31(46-34)47-10-7-35(16-47)8-11-49(35)32(51)22-13-37(22,41)42)33(52)50(19-2-3-19)28(26(27)40)20-4-5-23(39)29-24(20)21(14-43)30(44)54-29/h4-5,18-19,22H,1-3,6-13,15-17,44H2/t18-,22?,35?,36+/m1/s1. The number of pyridine rings is 1. The van der Waals surface area contributed by atoms with Crippen LogP contribution in [0.15, 0.2) is 16.9 Å². The van der Waals surface area contributed by atoms with Gasteiger partial charge in [0.25, 0.3) is 11.5 Å². The number of hydrogen-bond donors (Lipinski definition) is 1. The van der Waals surface area contributed by atoms with Crippen molar-refractivity contribution >= 4 is 49.1 Å². The lowest BCUT2D eigenvalue weighted by molar-refractivity contribution is -0.149. The molecule has 7 heterocycles. The highest BCUT2D eigenvalue weighted by atomic mass is 32.1. The minimum atomic E-state index is -3.01. The van der Waals surface area contributed by atoms with Crippen molar-refractivity contribution in [3.63, 3.8) is 0 Å². The number of ether oxygens (including phenoxy) is 1. The van der Waals surface area contributed by atoms with E-state index >= 15 is 8.78 Å². The molecular formula is C37H35F5N8O3S. The summed E-state index contributed by atoms with van der Waals surface area (Å²) in [5.74, 6) is -6.40. The maximum absolute atomic E-state index is 17.6. The lowest BCUT2D eigenvalue weighted by Gasteiger charge is -2.50. The predicted molar refractivity (Wildman–Crippen MR) is 189 cm³/mol. The Labute approximate surface area is 309 Å². The zero-order valence-corrected chi connectivity index (χ0v) is 29.8.